The second-order valence-electron chi connectivity index (χ2n) is 8.34. The van der Waals surface area contributed by atoms with Gasteiger partial charge < -0.3 is 19.3 Å². The number of carbonyl (C=O) groups excluding carboxylic acids is 1. The third kappa shape index (κ3) is 5.14. The van der Waals surface area contributed by atoms with Crippen molar-refractivity contribution in [3.8, 4) is 17.2 Å². The first-order valence-electron chi connectivity index (χ1n) is 11.4. The summed E-state index contributed by atoms with van der Waals surface area (Å²) < 4.78 is 12.9. The van der Waals surface area contributed by atoms with E-state index in [0.717, 1.165) is 43.1 Å². The second-order valence-corrected chi connectivity index (χ2v) is 9.28. The number of nitrogens with zero attached hydrogens (tertiary/aromatic N) is 5. The maximum atomic E-state index is 13.0. The Hall–Kier alpha value is -3.20. The second kappa shape index (κ2) is 10.8. The van der Waals surface area contributed by atoms with Gasteiger partial charge in [0.1, 0.15) is 0 Å². The van der Waals surface area contributed by atoms with Gasteiger partial charge in [-0.1, -0.05) is 41.6 Å². The molecule has 0 atom stereocenters. The van der Waals surface area contributed by atoms with Crippen LogP contribution in [0.25, 0.3) is 5.69 Å². The predicted molar refractivity (Wildman–Crippen MR) is 134 cm³/mol. The van der Waals surface area contributed by atoms with E-state index in [2.05, 4.69) is 50.9 Å². The van der Waals surface area contributed by atoms with Crippen molar-refractivity contribution in [2.75, 3.05) is 45.0 Å². The molecule has 1 amide bonds. The van der Waals surface area contributed by atoms with Crippen LogP contribution >= 0.6 is 11.8 Å². The molecule has 180 valence electrons. The van der Waals surface area contributed by atoms with E-state index in [1.165, 1.54) is 17.3 Å². The Kier molecular flexibility index (Phi) is 7.62. The molecular formula is C25H31N5O3S. The number of amides is 1. The van der Waals surface area contributed by atoms with Gasteiger partial charge >= 0.3 is 0 Å². The molecule has 34 heavy (non-hydrogen) atoms. The van der Waals surface area contributed by atoms with E-state index in [-0.39, 0.29) is 11.7 Å². The zero-order chi connectivity index (χ0) is 24.1. The minimum Gasteiger partial charge on any atom is -0.493 e. The number of benzene rings is 2. The van der Waals surface area contributed by atoms with Gasteiger partial charge in [0.25, 0.3) is 0 Å². The van der Waals surface area contributed by atoms with Gasteiger partial charge in [-0.05, 0) is 38.0 Å². The average molecular weight is 482 g/mol. The molecule has 1 saturated heterocycles. The van der Waals surface area contributed by atoms with Crippen LogP contribution in [0, 0.1) is 6.92 Å². The molecule has 8 nitrogen and oxygen atoms in total. The summed E-state index contributed by atoms with van der Waals surface area (Å²) in [5, 5.41) is 9.66. The van der Waals surface area contributed by atoms with Crippen LogP contribution < -0.4 is 14.4 Å². The average Bonchev–Trinajstić information content (AvgIpc) is 3.52. The van der Waals surface area contributed by atoms with E-state index in [4.69, 9.17) is 9.47 Å². The van der Waals surface area contributed by atoms with E-state index >= 15 is 0 Å². The summed E-state index contributed by atoms with van der Waals surface area (Å²) in [5.41, 5.74) is 3.09. The van der Waals surface area contributed by atoms with Crippen molar-refractivity contribution < 1.29 is 14.3 Å². The molecule has 1 fully saturated rings. The van der Waals surface area contributed by atoms with Gasteiger partial charge in [-0.25, -0.2) is 0 Å². The molecule has 3 aromatic rings. The molecule has 1 aliphatic rings. The summed E-state index contributed by atoms with van der Waals surface area (Å²) in [4.78, 5) is 17.0. The summed E-state index contributed by atoms with van der Waals surface area (Å²) in [6.45, 7) is 4.43. The zero-order valence-electron chi connectivity index (χ0n) is 20.2. The molecule has 9 heteroatoms. The summed E-state index contributed by atoms with van der Waals surface area (Å²) in [7, 11) is 5.00. The molecule has 4 rings (SSSR count). The van der Waals surface area contributed by atoms with Gasteiger partial charge in [0.2, 0.25) is 11.9 Å². The van der Waals surface area contributed by atoms with Crippen LogP contribution in [0.4, 0.5) is 5.95 Å². The van der Waals surface area contributed by atoms with Gasteiger partial charge in [0, 0.05) is 32.2 Å². The number of aryl methyl sites for hydroxylation is 1. The molecule has 1 aliphatic heterocycles. The fourth-order valence-electron chi connectivity index (χ4n) is 4.06. The standard InChI is InChI=1S/C25H31N5O3S/c1-18-10-12-20(13-11-18)30-24(29-14-5-6-15-29)26-27-25(30)34-17-22(31)28(2)16-19-8-7-9-21(32-3)23(19)33-4/h7-13H,5-6,14-17H2,1-4H3. The monoisotopic (exact) mass is 481 g/mol. The number of thioether (sulfide) groups is 1. The van der Waals surface area contributed by atoms with E-state index in [9.17, 15) is 4.79 Å². The number of anilines is 1. The van der Waals surface area contributed by atoms with Crippen molar-refractivity contribution >= 4 is 23.6 Å². The van der Waals surface area contributed by atoms with Crippen LogP contribution in [0.15, 0.2) is 47.6 Å². The van der Waals surface area contributed by atoms with Gasteiger partial charge in [-0.3, -0.25) is 9.36 Å². The molecule has 0 saturated carbocycles. The molecule has 2 heterocycles. The summed E-state index contributed by atoms with van der Waals surface area (Å²) >= 11 is 1.41. The summed E-state index contributed by atoms with van der Waals surface area (Å²) in [6, 6.07) is 14.0. The first-order chi connectivity index (χ1) is 16.5. The molecule has 0 N–H and O–H groups in total. The Morgan fingerprint density at radius 3 is 2.47 bits per heavy atom. The lowest BCUT2D eigenvalue weighted by molar-refractivity contribution is -0.127. The van der Waals surface area contributed by atoms with Crippen LogP contribution in [-0.4, -0.2) is 65.7 Å². The lowest BCUT2D eigenvalue weighted by Gasteiger charge is -2.20. The maximum absolute atomic E-state index is 13.0. The van der Waals surface area contributed by atoms with E-state index in [1.807, 2.05) is 18.2 Å². The van der Waals surface area contributed by atoms with Crippen LogP contribution in [0.1, 0.15) is 24.0 Å². The summed E-state index contributed by atoms with van der Waals surface area (Å²) in [5.74, 6) is 2.39. The molecular weight excluding hydrogens is 450 g/mol. The lowest BCUT2D eigenvalue weighted by atomic mass is 10.1. The highest BCUT2D eigenvalue weighted by Crippen LogP contribution is 2.32. The highest BCUT2D eigenvalue weighted by atomic mass is 32.2. The highest BCUT2D eigenvalue weighted by molar-refractivity contribution is 7.99. The van der Waals surface area contributed by atoms with Gasteiger partial charge in [-0.2, -0.15) is 0 Å². The van der Waals surface area contributed by atoms with Crippen molar-refractivity contribution in [3.63, 3.8) is 0 Å². The number of hydrogen-bond acceptors (Lipinski definition) is 7. The number of carbonyl (C=O) groups is 1. The number of aromatic nitrogens is 3. The first-order valence-corrected chi connectivity index (χ1v) is 12.3. The summed E-state index contributed by atoms with van der Waals surface area (Å²) in [6.07, 6.45) is 2.31. The van der Waals surface area contributed by atoms with E-state index in [0.29, 0.717) is 23.2 Å². The highest BCUT2D eigenvalue weighted by Gasteiger charge is 2.23. The minimum atomic E-state index is -0.00366. The van der Waals surface area contributed by atoms with Crippen LogP contribution in [0.2, 0.25) is 0 Å². The van der Waals surface area contributed by atoms with Gasteiger partial charge in [0.15, 0.2) is 16.7 Å². The van der Waals surface area contributed by atoms with Gasteiger partial charge in [-0.15, -0.1) is 10.2 Å². The molecule has 0 bridgehead atoms. The third-order valence-electron chi connectivity index (χ3n) is 5.94. The lowest BCUT2D eigenvalue weighted by Crippen LogP contribution is -2.28. The predicted octanol–water partition coefficient (Wildman–Crippen LogP) is 3.94. The molecule has 0 unspecified atom stereocenters. The normalized spacial score (nSPS) is 13.2. The topological polar surface area (TPSA) is 72.7 Å². The molecule has 2 aromatic carbocycles. The zero-order valence-corrected chi connectivity index (χ0v) is 21.0. The van der Waals surface area contributed by atoms with Crippen molar-refractivity contribution in [3.05, 3.63) is 53.6 Å². The Morgan fingerprint density at radius 2 is 1.79 bits per heavy atom. The molecule has 0 radical (unpaired) electrons. The van der Waals surface area contributed by atoms with Crippen LogP contribution in [-0.2, 0) is 11.3 Å². The van der Waals surface area contributed by atoms with Crippen molar-refractivity contribution in [1.82, 2.24) is 19.7 Å². The Balaban J connectivity index is 1.50. The minimum absolute atomic E-state index is 0.00366. The molecule has 1 aromatic heterocycles. The number of para-hydroxylation sites is 1. The maximum Gasteiger partial charge on any atom is 0.233 e. The fraction of sp³-hybridized carbons (Fsp3) is 0.400. The van der Waals surface area contributed by atoms with Crippen molar-refractivity contribution in [1.29, 1.82) is 0 Å². The number of ether oxygens (including phenoxy) is 2. The fourth-order valence-corrected chi connectivity index (χ4v) is 4.94. The third-order valence-corrected chi connectivity index (χ3v) is 6.85. The van der Waals surface area contributed by atoms with Crippen LogP contribution in [0.5, 0.6) is 11.5 Å². The van der Waals surface area contributed by atoms with Crippen molar-refractivity contribution in [2.24, 2.45) is 0 Å². The van der Waals surface area contributed by atoms with Crippen LogP contribution in [0.3, 0.4) is 0 Å². The molecule has 0 aliphatic carbocycles. The Bertz CT molecular complexity index is 1130. The number of hydrogen-bond donors (Lipinski definition) is 0. The van der Waals surface area contributed by atoms with E-state index < -0.39 is 0 Å². The number of methoxy groups -OCH3 is 2. The van der Waals surface area contributed by atoms with E-state index in [1.54, 1.807) is 26.2 Å². The van der Waals surface area contributed by atoms with Crippen molar-refractivity contribution in [2.45, 2.75) is 31.5 Å². The first kappa shape index (κ1) is 23.9. The van der Waals surface area contributed by atoms with Gasteiger partial charge in [0.05, 0.1) is 25.7 Å². The number of rotatable bonds is 9. The smallest absolute Gasteiger partial charge is 0.233 e. The SMILES string of the molecule is COc1cccc(CN(C)C(=O)CSc2nnc(N3CCCC3)n2-c2ccc(C)cc2)c1OC. The molecule has 0 spiro atoms. The largest absolute Gasteiger partial charge is 0.493 e. The Labute approximate surface area is 204 Å². The Morgan fingerprint density at radius 1 is 1.06 bits per heavy atom. The quantitative estimate of drug-likeness (QED) is 0.429.